The second kappa shape index (κ2) is 10.00. The van der Waals surface area contributed by atoms with E-state index < -0.39 is 0 Å². The van der Waals surface area contributed by atoms with Crippen LogP contribution in [0.1, 0.15) is 22.7 Å². The smallest absolute Gasteiger partial charge is 0.0541 e. The Hall–Kier alpha value is -5.60. The fourth-order valence-corrected chi connectivity index (χ4v) is 7.25. The second-order valence-corrected chi connectivity index (χ2v) is 11.8. The van der Waals surface area contributed by atoms with Gasteiger partial charge in [0.15, 0.2) is 0 Å². The third kappa shape index (κ3) is 3.88. The Morgan fingerprint density at radius 2 is 1.09 bits per heavy atom. The maximum atomic E-state index is 2.44. The highest BCUT2D eigenvalue weighted by molar-refractivity contribution is 6.09. The summed E-state index contributed by atoms with van der Waals surface area (Å²) in [4.78, 5) is 0. The van der Waals surface area contributed by atoms with Crippen molar-refractivity contribution in [2.75, 3.05) is 0 Å². The van der Waals surface area contributed by atoms with Crippen molar-refractivity contribution < 1.29 is 0 Å². The molecule has 2 heteroatoms. The highest BCUT2D eigenvalue weighted by atomic mass is 15.0. The minimum atomic E-state index is 0.311. The van der Waals surface area contributed by atoms with E-state index in [2.05, 4.69) is 173 Å². The summed E-state index contributed by atoms with van der Waals surface area (Å²) in [5.74, 6) is 0.311. The van der Waals surface area contributed by atoms with Crippen LogP contribution in [0.5, 0.6) is 0 Å². The molecule has 2 nitrogen and oxygen atoms in total. The van der Waals surface area contributed by atoms with Gasteiger partial charge < -0.3 is 9.13 Å². The first-order valence-electron chi connectivity index (χ1n) is 15.4. The number of nitrogens with zero attached hydrogens (tertiary/aromatic N) is 2. The van der Waals surface area contributed by atoms with Gasteiger partial charge in [0.25, 0.3) is 0 Å². The van der Waals surface area contributed by atoms with Crippen LogP contribution in [0.15, 0.2) is 158 Å². The van der Waals surface area contributed by atoms with Crippen LogP contribution in [0.2, 0.25) is 0 Å². The van der Waals surface area contributed by atoms with Crippen LogP contribution < -0.4 is 0 Å². The van der Waals surface area contributed by atoms with E-state index in [-0.39, 0.29) is 0 Å². The van der Waals surface area contributed by atoms with E-state index in [1.165, 1.54) is 72.0 Å². The molecule has 0 saturated heterocycles. The van der Waals surface area contributed by atoms with Gasteiger partial charge >= 0.3 is 0 Å². The lowest BCUT2D eigenvalue weighted by Crippen LogP contribution is -2.07. The van der Waals surface area contributed by atoms with Crippen LogP contribution in [0.25, 0.3) is 61.3 Å². The Morgan fingerprint density at radius 3 is 1.91 bits per heavy atom. The maximum absolute atomic E-state index is 2.44. The topological polar surface area (TPSA) is 9.86 Å². The minimum Gasteiger partial charge on any atom is -0.310 e. The fourth-order valence-electron chi connectivity index (χ4n) is 7.25. The average Bonchev–Trinajstić information content (AvgIpc) is 3.61. The zero-order valence-electron chi connectivity index (χ0n) is 24.3. The lowest BCUT2D eigenvalue weighted by atomic mass is 9.86. The number of hydrogen-bond acceptors (Lipinski definition) is 0. The van der Waals surface area contributed by atoms with Crippen LogP contribution in [0.3, 0.4) is 0 Å². The highest BCUT2D eigenvalue weighted by Crippen LogP contribution is 2.40. The van der Waals surface area contributed by atoms with Crippen molar-refractivity contribution in [3.8, 4) is 22.5 Å². The SMILES string of the molecule is C1=C[C@@H](c2ccc3c(c2)c2ccccc2n3-c2cccc(-c3ccccc3)c2)Cc2c1n(-c1ccccc1)c1ccccc21. The summed E-state index contributed by atoms with van der Waals surface area (Å²) in [5, 5.41) is 3.93. The normalized spacial score (nSPS) is 14.4. The van der Waals surface area contributed by atoms with Crippen molar-refractivity contribution in [3.63, 3.8) is 0 Å². The molecule has 0 unspecified atom stereocenters. The number of hydrogen-bond donors (Lipinski definition) is 0. The van der Waals surface area contributed by atoms with Crippen LogP contribution in [0.4, 0.5) is 0 Å². The van der Waals surface area contributed by atoms with Crippen LogP contribution in [-0.2, 0) is 6.42 Å². The van der Waals surface area contributed by atoms with Gasteiger partial charge in [0.05, 0.1) is 16.6 Å². The van der Waals surface area contributed by atoms with Gasteiger partial charge in [-0.2, -0.15) is 0 Å². The largest absolute Gasteiger partial charge is 0.310 e. The van der Waals surface area contributed by atoms with E-state index in [9.17, 15) is 0 Å². The third-order valence-electron chi connectivity index (χ3n) is 9.28. The molecule has 0 aliphatic heterocycles. The number of fused-ring (bicyclic) bond motifs is 6. The van der Waals surface area contributed by atoms with Crippen molar-refractivity contribution >= 4 is 38.8 Å². The first-order valence-corrected chi connectivity index (χ1v) is 15.4. The van der Waals surface area contributed by atoms with E-state index in [0.717, 1.165) is 6.42 Å². The Balaban J connectivity index is 1.16. The molecule has 9 rings (SSSR count). The van der Waals surface area contributed by atoms with Gasteiger partial charge in [-0.3, -0.25) is 0 Å². The fraction of sp³-hybridized carbons (Fsp3) is 0.0476. The molecule has 0 fully saturated rings. The standard InChI is InChI=1S/C42H30N2/c1-3-12-29(13-4-1)30-14-11-17-34(26-30)44-40-21-10-8-19-36(40)38-28-32(23-25-42(38)44)31-22-24-41-37(27-31)35-18-7-9-20-39(35)43(41)33-15-5-2-6-16-33/h1-26,28,31H,27H2/t31-/m1/s1. The summed E-state index contributed by atoms with van der Waals surface area (Å²) >= 11 is 0. The van der Waals surface area contributed by atoms with Gasteiger partial charge in [-0.1, -0.05) is 109 Å². The molecule has 0 spiro atoms. The number of aromatic nitrogens is 2. The molecule has 0 N–H and O–H groups in total. The van der Waals surface area contributed by atoms with Crippen molar-refractivity contribution in [1.82, 2.24) is 9.13 Å². The summed E-state index contributed by atoms with van der Waals surface area (Å²) in [6, 6.07) is 55.0. The van der Waals surface area contributed by atoms with Crippen molar-refractivity contribution in [1.29, 1.82) is 0 Å². The van der Waals surface area contributed by atoms with Gasteiger partial charge in [0.2, 0.25) is 0 Å². The quantitative estimate of drug-likeness (QED) is 0.202. The van der Waals surface area contributed by atoms with Crippen LogP contribution in [-0.4, -0.2) is 9.13 Å². The molecule has 2 heterocycles. The Morgan fingerprint density at radius 1 is 0.455 bits per heavy atom. The zero-order chi connectivity index (χ0) is 29.0. The Bertz CT molecular complexity index is 2350. The van der Waals surface area contributed by atoms with Crippen molar-refractivity contribution in [2.24, 2.45) is 0 Å². The van der Waals surface area contributed by atoms with Gasteiger partial charge in [-0.05, 0) is 83.3 Å². The van der Waals surface area contributed by atoms with Crippen molar-refractivity contribution in [3.05, 3.63) is 175 Å². The summed E-state index contributed by atoms with van der Waals surface area (Å²) in [7, 11) is 0. The first-order chi connectivity index (χ1) is 21.8. The molecule has 1 atom stereocenters. The monoisotopic (exact) mass is 562 g/mol. The highest BCUT2D eigenvalue weighted by Gasteiger charge is 2.24. The molecule has 208 valence electrons. The molecule has 0 amide bonds. The molecule has 2 aromatic heterocycles. The first kappa shape index (κ1) is 24.9. The van der Waals surface area contributed by atoms with Gasteiger partial charge in [0, 0.05) is 39.1 Å². The number of para-hydroxylation sites is 3. The third-order valence-corrected chi connectivity index (χ3v) is 9.28. The molecular formula is C42H30N2. The van der Waals surface area contributed by atoms with E-state index in [4.69, 9.17) is 0 Å². The summed E-state index contributed by atoms with van der Waals surface area (Å²) in [6.45, 7) is 0. The second-order valence-electron chi connectivity index (χ2n) is 11.8. The molecule has 1 aliphatic carbocycles. The van der Waals surface area contributed by atoms with E-state index in [1.54, 1.807) is 0 Å². The van der Waals surface area contributed by atoms with Crippen LogP contribution >= 0.6 is 0 Å². The van der Waals surface area contributed by atoms with Crippen molar-refractivity contribution in [2.45, 2.75) is 12.3 Å². The Labute approximate surface area is 256 Å². The predicted octanol–water partition coefficient (Wildman–Crippen LogP) is 10.7. The lowest BCUT2D eigenvalue weighted by molar-refractivity contribution is 0.826. The number of rotatable bonds is 4. The number of allylic oxidation sites excluding steroid dienone is 1. The van der Waals surface area contributed by atoms with E-state index in [1.807, 2.05) is 0 Å². The van der Waals surface area contributed by atoms with Gasteiger partial charge in [-0.25, -0.2) is 0 Å². The molecule has 8 aromatic rings. The lowest BCUT2D eigenvalue weighted by Gasteiger charge is -2.20. The average molecular weight is 563 g/mol. The summed E-state index contributed by atoms with van der Waals surface area (Å²) in [5.41, 5.74) is 12.7. The maximum Gasteiger partial charge on any atom is 0.0541 e. The molecule has 6 aromatic carbocycles. The minimum absolute atomic E-state index is 0.311. The molecule has 1 aliphatic rings. The van der Waals surface area contributed by atoms with Crippen LogP contribution in [0, 0.1) is 0 Å². The molecule has 0 bridgehead atoms. The molecule has 0 saturated carbocycles. The summed E-state index contributed by atoms with van der Waals surface area (Å²) in [6.07, 6.45) is 5.73. The molecular weight excluding hydrogens is 532 g/mol. The molecule has 0 radical (unpaired) electrons. The van der Waals surface area contributed by atoms with E-state index in [0.29, 0.717) is 5.92 Å². The van der Waals surface area contributed by atoms with Gasteiger partial charge in [0.1, 0.15) is 0 Å². The Kier molecular flexibility index (Phi) is 5.67. The van der Waals surface area contributed by atoms with E-state index >= 15 is 0 Å². The predicted molar refractivity (Wildman–Crippen MR) is 185 cm³/mol. The molecule has 44 heavy (non-hydrogen) atoms. The zero-order valence-corrected chi connectivity index (χ0v) is 24.3. The number of benzene rings is 6. The summed E-state index contributed by atoms with van der Waals surface area (Å²) < 4.78 is 4.83. The van der Waals surface area contributed by atoms with Gasteiger partial charge in [-0.15, -0.1) is 0 Å².